The zero-order valence-electron chi connectivity index (χ0n) is 12.6. The van der Waals surface area contributed by atoms with E-state index in [0.29, 0.717) is 0 Å². The molecule has 0 saturated heterocycles. The smallest absolute Gasteiger partial charge is 0.127 e. The first-order valence-electron chi connectivity index (χ1n) is 6.72. The predicted molar refractivity (Wildman–Crippen MR) is 80.0 cm³/mol. The quantitative estimate of drug-likeness (QED) is 0.761. The lowest BCUT2D eigenvalue weighted by molar-refractivity contribution is 0.387. The first kappa shape index (κ1) is 15.6. The SMILES string of the molecule is CCCNC(C=C(C)C)c1ccc(OC)cc1OC. The van der Waals surface area contributed by atoms with Crippen molar-refractivity contribution in [1.82, 2.24) is 5.32 Å². The van der Waals surface area contributed by atoms with E-state index in [1.807, 2.05) is 12.1 Å². The third kappa shape index (κ3) is 4.60. The Morgan fingerprint density at radius 3 is 2.53 bits per heavy atom. The summed E-state index contributed by atoms with van der Waals surface area (Å²) in [6.07, 6.45) is 3.32. The lowest BCUT2D eigenvalue weighted by Gasteiger charge is -2.19. The Kier molecular flexibility index (Phi) is 6.43. The topological polar surface area (TPSA) is 30.5 Å². The van der Waals surface area contributed by atoms with Gasteiger partial charge in [-0.1, -0.05) is 18.6 Å². The van der Waals surface area contributed by atoms with Crippen LogP contribution in [0.15, 0.2) is 29.8 Å². The van der Waals surface area contributed by atoms with Gasteiger partial charge in [0.1, 0.15) is 11.5 Å². The van der Waals surface area contributed by atoms with Crippen molar-refractivity contribution in [2.45, 2.75) is 33.2 Å². The van der Waals surface area contributed by atoms with E-state index in [1.165, 1.54) is 5.57 Å². The van der Waals surface area contributed by atoms with Crippen molar-refractivity contribution < 1.29 is 9.47 Å². The average molecular weight is 263 g/mol. The molecule has 1 aromatic rings. The number of hydrogen-bond acceptors (Lipinski definition) is 3. The molecule has 106 valence electrons. The molecule has 3 heteroatoms. The minimum atomic E-state index is 0.172. The van der Waals surface area contributed by atoms with Crippen LogP contribution >= 0.6 is 0 Å². The van der Waals surface area contributed by atoms with E-state index in [4.69, 9.17) is 9.47 Å². The van der Waals surface area contributed by atoms with Crippen molar-refractivity contribution in [3.8, 4) is 11.5 Å². The highest BCUT2D eigenvalue weighted by molar-refractivity contribution is 5.44. The van der Waals surface area contributed by atoms with Crippen molar-refractivity contribution in [2.75, 3.05) is 20.8 Å². The third-order valence-corrected chi connectivity index (χ3v) is 2.89. The molecule has 1 N–H and O–H groups in total. The van der Waals surface area contributed by atoms with Gasteiger partial charge in [-0.15, -0.1) is 0 Å². The summed E-state index contributed by atoms with van der Waals surface area (Å²) in [6, 6.07) is 6.13. The molecule has 1 aromatic carbocycles. The van der Waals surface area contributed by atoms with Gasteiger partial charge in [-0.2, -0.15) is 0 Å². The summed E-state index contributed by atoms with van der Waals surface area (Å²) in [6.45, 7) is 7.36. The van der Waals surface area contributed by atoms with Gasteiger partial charge in [0.15, 0.2) is 0 Å². The van der Waals surface area contributed by atoms with Crippen LogP contribution in [0.1, 0.15) is 38.8 Å². The van der Waals surface area contributed by atoms with Gasteiger partial charge in [0.2, 0.25) is 0 Å². The molecule has 0 spiro atoms. The Hall–Kier alpha value is -1.48. The Balaban J connectivity index is 3.09. The fraction of sp³-hybridized carbons (Fsp3) is 0.500. The van der Waals surface area contributed by atoms with Crippen LogP contribution in [0, 0.1) is 0 Å². The summed E-state index contributed by atoms with van der Waals surface area (Å²) in [5, 5.41) is 3.53. The molecule has 0 bridgehead atoms. The van der Waals surface area contributed by atoms with Crippen molar-refractivity contribution in [3.05, 3.63) is 35.4 Å². The number of hydrogen-bond donors (Lipinski definition) is 1. The molecule has 0 aliphatic heterocycles. The van der Waals surface area contributed by atoms with Crippen LogP contribution in [0.25, 0.3) is 0 Å². The normalized spacial score (nSPS) is 11.8. The first-order chi connectivity index (χ1) is 9.12. The third-order valence-electron chi connectivity index (χ3n) is 2.89. The van der Waals surface area contributed by atoms with Gasteiger partial charge in [0.05, 0.1) is 20.3 Å². The fourth-order valence-corrected chi connectivity index (χ4v) is 1.97. The van der Waals surface area contributed by atoms with Crippen molar-refractivity contribution in [3.63, 3.8) is 0 Å². The van der Waals surface area contributed by atoms with Gasteiger partial charge >= 0.3 is 0 Å². The number of ether oxygens (including phenoxy) is 2. The van der Waals surface area contributed by atoms with E-state index in [1.54, 1.807) is 14.2 Å². The van der Waals surface area contributed by atoms with Crippen LogP contribution in [0.3, 0.4) is 0 Å². The van der Waals surface area contributed by atoms with Crippen molar-refractivity contribution >= 4 is 0 Å². The van der Waals surface area contributed by atoms with Gasteiger partial charge in [0.25, 0.3) is 0 Å². The minimum Gasteiger partial charge on any atom is -0.497 e. The summed E-state index contributed by atoms with van der Waals surface area (Å²) in [4.78, 5) is 0. The molecular formula is C16H25NO2. The zero-order chi connectivity index (χ0) is 14.3. The summed E-state index contributed by atoms with van der Waals surface area (Å²) in [5.41, 5.74) is 2.42. The molecule has 0 aliphatic carbocycles. The molecule has 0 amide bonds. The second-order valence-electron chi connectivity index (χ2n) is 4.78. The molecule has 1 rings (SSSR count). The van der Waals surface area contributed by atoms with E-state index < -0.39 is 0 Å². The maximum absolute atomic E-state index is 5.48. The molecule has 0 saturated carbocycles. The molecular weight excluding hydrogens is 238 g/mol. The molecule has 19 heavy (non-hydrogen) atoms. The van der Waals surface area contributed by atoms with E-state index in [2.05, 4.69) is 38.2 Å². The summed E-state index contributed by atoms with van der Waals surface area (Å²) in [5.74, 6) is 1.66. The van der Waals surface area contributed by atoms with Crippen LogP contribution in [0.4, 0.5) is 0 Å². The van der Waals surface area contributed by atoms with Gasteiger partial charge in [-0.05, 0) is 38.9 Å². The highest BCUT2D eigenvalue weighted by Gasteiger charge is 2.14. The van der Waals surface area contributed by atoms with E-state index in [0.717, 1.165) is 30.0 Å². The Bertz CT molecular complexity index is 423. The summed E-state index contributed by atoms with van der Waals surface area (Å²) >= 11 is 0. The van der Waals surface area contributed by atoms with Gasteiger partial charge in [0, 0.05) is 11.6 Å². The van der Waals surface area contributed by atoms with E-state index >= 15 is 0 Å². The monoisotopic (exact) mass is 263 g/mol. The Morgan fingerprint density at radius 2 is 2.00 bits per heavy atom. The second-order valence-corrected chi connectivity index (χ2v) is 4.78. The van der Waals surface area contributed by atoms with Crippen LogP contribution in [-0.2, 0) is 0 Å². The summed E-state index contributed by atoms with van der Waals surface area (Å²) < 4.78 is 10.7. The zero-order valence-corrected chi connectivity index (χ0v) is 12.6. The number of nitrogens with one attached hydrogen (secondary N) is 1. The molecule has 1 unspecified atom stereocenters. The van der Waals surface area contributed by atoms with Crippen molar-refractivity contribution in [1.29, 1.82) is 0 Å². The lowest BCUT2D eigenvalue weighted by Crippen LogP contribution is -2.21. The predicted octanol–water partition coefficient (Wildman–Crippen LogP) is 3.71. The fourth-order valence-electron chi connectivity index (χ4n) is 1.97. The van der Waals surface area contributed by atoms with Crippen LogP contribution in [0.2, 0.25) is 0 Å². The summed E-state index contributed by atoms with van der Waals surface area (Å²) in [7, 11) is 3.36. The molecule has 0 heterocycles. The minimum absolute atomic E-state index is 0.172. The number of rotatable bonds is 7. The molecule has 1 atom stereocenters. The van der Waals surface area contributed by atoms with E-state index in [-0.39, 0.29) is 6.04 Å². The maximum Gasteiger partial charge on any atom is 0.127 e. The first-order valence-corrected chi connectivity index (χ1v) is 6.72. The Morgan fingerprint density at radius 1 is 1.26 bits per heavy atom. The Labute approximate surface area is 116 Å². The number of methoxy groups -OCH3 is 2. The van der Waals surface area contributed by atoms with Gasteiger partial charge in [-0.3, -0.25) is 0 Å². The lowest BCUT2D eigenvalue weighted by atomic mass is 10.0. The molecule has 0 radical (unpaired) electrons. The molecule has 0 aliphatic rings. The van der Waals surface area contributed by atoms with E-state index in [9.17, 15) is 0 Å². The average Bonchev–Trinajstić information content (AvgIpc) is 2.42. The molecule has 0 fully saturated rings. The number of allylic oxidation sites excluding steroid dienone is 1. The second kappa shape index (κ2) is 7.85. The van der Waals surface area contributed by atoms with Crippen molar-refractivity contribution in [2.24, 2.45) is 0 Å². The molecule has 3 nitrogen and oxygen atoms in total. The van der Waals surface area contributed by atoms with Crippen LogP contribution < -0.4 is 14.8 Å². The number of benzene rings is 1. The highest BCUT2D eigenvalue weighted by Crippen LogP contribution is 2.30. The van der Waals surface area contributed by atoms with Crippen LogP contribution in [0.5, 0.6) is 11.5 Å². The highest BCUT2D eigenvalue weighted by atomic mass is 16.5. The van der Waals surface area contributed by atoms with Gasteiger partial charge in [-0.25, -0.2) is 0 Å². The largest absolute Gasteiger partial charge is 0.497 e. The van der Waals surface area contributed by atoms with Gasteiger partial charge < -0.3 is 14.8 Å². The molecule has 0 aromatic heterocycles. The van der Waals surface area contributed by atoms with Crippen LogP contribution in [-0.4, -0.2) is 20.8 Å². The standard InChI is InChI=1S/C16H25NO2/c1-6-9-17-15(10-12(2)3)14-8-7-13(18-4)11-16(14)19-5/h7-8,10-11,15,17H,6,9H2,1-5H3. The maximum atomic E-state index is 5.48.